The first-order valence-electron chi connectivity index (χ1n) is 5.13. The molecule has 1 heterocycles. The van der Waals surface area contributed by atoms with Crippen molar-refractivity contribution >= 4 is 17.6 Å². The second kappa shape index (κ2) is 4.38. The minimum Gasteiger partial charge on any atom is -0.383 e. The Bertz CT molecular complexity index is 360. The van der Waals surface area contributed by atoms with Crippen LogP contribution in [-0.2, 0) is 0 Å². The zero-order valence-corrected chi connectivity index (χ0v) is 10.1. The minimum atomic E-state index is -0.0819. The standard InChI is InChI=1S/C11H19N5/c1-5-6-16(11(2,3)4)9-7-8(12)14-10(13)15-9/h5,7H,1,6H2,2-4H3,(H4,12,13,14,15). The van der Waals surface area contributed by atoms with Crippen LogP contribution in [0.2, 0.25) is 0 Å². The average molecular weight is 221 g/mol. The Morgan fingerprint density at radius 1 is 1.38 bits per heavy atom. The molecule has 88 valence electrons. The third kappa shape index (κ3) is 2.85. The van der Waals surface area contributed by atoms with E-state index in [-0.39, 0.29) is 11.5 Å². The predicted molar refractivity (Wildman–Crippen MR) is 68.2 cm³/mol. The summed E-state index contributed by atoms with van der Waals surface area (Å²) < 4.78 is 0. The third-order valence-electron chi connectivity index (χ3n) is 2.15. The predicted octanol–water partition coefficient (Wildman–Crippen LogP) is 1.43. The highest BCUT2D eigenvalue weighted by molar-refractivity contribution is 5.52. The van der Waals surface area contributed by atoms with Gasteiger partial charge in [-0.1, -0.05) is 6.08 Å². The topological polar surface area (TPSA) is 81.1 Å². The van der Waals surface area contributed by atoms with Gasteiger partial charge in [0.05, 0.1) is 0 Å². The lowest BCUT2D eigenvalue weighted by atomic mass is 10.1. The van der Waals surface area contributed by atoms with E-state index < -0.39 is 0 Å². The molecule has 0 fully saturated rings. The lowest BCUT2D eigenvalue weighted by Crippen LogP contribution is -2.42. The number of rotatable bonds is 3. The van der Waals surface area contributed by atoms with Crippen LogP contribution in [0.1, 0.15) is 20.8 Å². The number of nitrogens with two attached hydrogens (primary N) is 2. The van der Waals surface area contributed by atoms with Gasteiger partial charge in [0.1, 0.15) is 11.6 Å². The number of nitrogens with zero attached hydrogens (tertiary/aromatic N) is 3. The summed E-state index contributed by atoms with van der Waals surface area (Å²) in [6, 6.07) is 1.71. The molecule has 0 spiro atoms. The van der Waals surface area contributed by atoms with Crippen LogP contribution in [0.3, 0.4) is 0 Å². The highest BCUT2D eigenvalue weighted by Gasteiger charge is 2.22. The van der Waals surface area contributed by atoms with E-state index in [4.69, 9.17) is 11.5 Å². The maximum Gasteiger partial charge on any atom is 0.223 e. The molecule has 1 aromatic rings. The molecule has 5 nitrogen and oxygen atoms in total. The summed E-state index contributed by atoms with van der Waals surface area (Å²) in [5, 5.41) is 0. The first-order valence-corrected chi connectivity index (χ1v) is 5.13. The molecule has 0 aliphatic rings. The normalized spacial score (nSPS) is 11.2. The SMILES string of the molecule is C=CCN(c1cc(N)nc(N)n1)C(C)(C)C. The van der Waals surface area contributed by atoms with Crippen LogP contribution in [0, 0.1) is 0 Å². The summed E-state index contributed by atoms with van der Waals surface area (Å²) >= 11 is 0. The van der Waals surface area contributed by atoms with Crippen LogP contribution in [0.15, 0.2) is 18.7 Å². The third-order valence-corrected chi connectivity index (χ3v) is 2.15. The van der Waals surface area contributed by atoms with Crippen molar-refractivity contribution in [2.75, 3.05) is 22.9 Å². The van der Waals surface area contributed by atoms with Crippen LogP contribution in [-0.4, -0.2) is 22.1 Å². The van der Waals surface area contributed by atoms with Gasteiger partial charge in [0.25, 0.3) is 0 Å². The second-order valence-corrected chi connectivity index (χ2v) is 4.58. The van der Waals surface area contributed by atoms with Gasteiger partial charge >= 0.3 is 0 Å². The maximum atomic E-state index is 5.65. The molecule has 0 atom stereocenters. The summed E-state index contributed by atoms with van der Waals surface area (Å²) in [7, 11) is 0. The van der Waals surface area contributed by atoms with Gasteiger partial charge in [-0.15, -0.1) is 6.58 Å². The molecule has 0 aliphatic carbocycles. The smallest absolute Gasteiger partial charge is 0.223 e. The molecule has 0 aromatic carbocycles. The second-order valence-electron chi connectivity index (χ2n) is 4.58. The summed E-state index contributed by atoms with van der Waals surface area (Å²) in [4.78, 5) is 10.1. The van der Waals surface area contributed by atoms with E-state index in [2.05, 4.69) is 42.2 Å². The van der Waals surface area contributed by atoms with Crippen molar-refractivity contribution in [2.24, 2.45) is 0 Å². The van der Waals surface area contributed by atoms with Crippen molar-refractivity contribution in [1.82, 2.24) is 9.97 Å². The van der Waals surface area contributed by atoms with Gasteiger partial charge in [-0.3, -0.25) is 0 Å². The van der Waals surface area contributed by atoms with Gasteiger partial charge in [-0.2, -0.15) is 9.97 Å². The zero-order valence-electron chi connectivity index (χ0n) is 10.1. The molecule has 0 bridgehead atoms. The lowest BCUT2D eigenvalue weighted by molar-refractivity contribution is 0.517. The minimum absolute atomic E-state index is 0.0819. The van der Waals surface area contributed by atoms with E-state index in [0.717, 1.165) is 5.82 Å². The highest BCUT2D eigenvalue weighted by atomic mass is 15.3. The summed E-state index contributed by atoms with van der Waals surface area (Å²) in [6.45, 7) is 10.7. The molecule has 0 saturated carbocycles. The van der Waals surface area contributed by atoms with E-state index >= 15 is 0 Å². The quantitative estimate of drug-likeness (QED) is 0.755. The molecule has 16 heavy (non-hydrogen) atoms. The molecule has 1 rings (SSSR count). The van der Waals surface area contributed by atoms with Gasteiger partial charge in [-0.25, -0.2) is 0 Å². The number of hydrogen-bond acceptors (Lipinski definition) is 5. The first-order chi connectivity index (χ1) is 7.34. The molecule has 0 aliphatic heterocycles. The zero-order chi connectivity index (χ0) is 12.3. The van der Waals surface area contributed by atoms with Gasteiger partial charge in [-0.05, 0) is 20.8 Å². The van der Waals surface area contributed by atoms with E-state index in [9.17, 15) is 0 Å². The fourth-order valence-corrected chi connectivity index (χ4v) is 1.45. The van der Waals surface area contributed by atoms with E-state index in [1.54, 1.807) is 6.07 Å². The van der Waals surface area contributed by atoms with E-state index in [1.165, 1.54) is 0 Å². The molecule has 1 aromatic heterocycles. The van der Waals surface area contributed by atoms with Gasteiger partial charge in [0, 0.05) is 18.2 Å². The Balaban J connectivity index is 3.15. The van der Waals surface area contributed by atoms with Crippen LogP contribution in [0.5, 0.6) is 0 Å². The van der Waals surface area contributed by atoms with Crippen molar-refractivity contribution in [2.45, 2.75) is 26.3 Å². The Hall–Kier alpha value is -1.78. The Kier molecular flexibility index (Phi) is 3.37. The molecule has 0 amide bonds. The lowest BCUT2D eigenvalue weighted by Gasteiger charge is -2.36. The van der Waals surface area contributed by atoms with Crippen molar-refractivity contribution in [3.05, 3.63) is 18.7 Å². The Morgan fingerprint density at radius 3 is 2.44 bits per heavy atom. The fraction of sp³-hybridized carbons (Fsp3) is 0.455. The summed E-state index contributed by atoms with van der Waals surface area (Å²) in [5.74, 6) is 1.28. The van der Waals surface area contributed by atoms with Gasteiger partial charge in [0.2, 0.25) is 5.95 Å². The van der Waals surface area contributed by atoms with Crippen LogP contribution >= 0.6 is 0 Å². The van der Waals surface area contributed by atoms with Crippen LogP contribution in [0.25, 0.3) is 0 Å². The van der Waals surface area contributed by atoms with Crippen molar-refractivity contribution < 1.29 is 0 Å². The molecule has 4 N–H and O–H groups in total. The van der Waals surface area contributed by atoms with Crippen molar-refractivity contribution in [3.8, 4) is 0 Å². The van der Waals surface area contributed by atoms with Crippen molar-refractivity contribution in [1.29, 1.82) is 0 Å². The molecular weight excluding hydrogens is 202 g/mol. The Labute approximate surface area is 96.2 Å². The molecule has 5 heteroatoms. The fourth-order valence-electron chi connectivity index (χ4n) is 1.45. The molecule has 0 unspecified atom stereocenters. The molecule has 0 radical (unpaired) electrons. The molecule has 0 saturated heterocycles. The number of nitrogen functional groups attached to an aromatic ring is 2. The van der Waals surface area contributed by atoms with Gasteiger partial charge < -0.3 is 16.4 Å². The maximum absolute atomic E-state index is 5.65. The number of aromatic nitrogens is 2. The first kappa shape index (κ1) is 12.3. The van der Waals surface area contributed by atoms with Crippen molar-refractivity contribution in [3.63, 3.8) is 0 Å². The number of hydrogen-bond donors (Lipinski definition) is 2. The highest BCUT2D eigenvalue weighted by Crippen LogP contribution is 2.23. The average Bonchev–Trinajstić information content (AvgIpc) is 2.10. The van der Waals surface area contributed by atoms with E-state index in [1.807, 2.05) is 6.08 Å². The van der Waals surface area contributed by atoms with Crippen LogP contribution in [0.4, 0.5) is 17.6 Å². The summed E-state index contributed by atoms with van der Waals surface area (Å²) in [5.41, 5.74) is 11.2. The van der Waals surface area contributed by atoms with E-state index in [0.29, 0.717) is 12.4 Å². The Morgan fingerprint density at radius 2 is 2.00 bits per heavy atom. The monoisotopic (exact) mass is 221 g/mol. The largest absolute Gasteiger partial charge is 0.383 e. The van der Waals surface area contributed by atoms with Gasteiger partial charge in [0.15, 0.2) is 0 Å². The molecular formula is C11H19N5. The van der Waals surface area contributed by atoms with Crippen LogP contribution < -0.4 is 16.4 Å². The number of anilines is 3. The summed E-state index contributed by atoms with van der Waals surface area (Å²) in [6.07, 6.45) is 1.82.